The van der Waals surface area contributed by atoms with Crippen molar-refractivity contribution in [1.29, 1.82) is 0 Å². The summed E-state index contributed by atoms with van der Waals surface area (Å²) in [6, 6.07) is 1.26. The molecule has 0 atom stereocenters. The van der Waals surface area contributed by atoms with Crippen LogP contribution in [0.3, 0.4) is 0 Å². The second kappa shape index (κ2) is 5.66. The van der Waals surface area contributed by atoms with Crippen molar-refractivity contribution in [1.82, 2.24) is 4.57 Å². The van der Waals surface area contributed by atoms with Crippen molar-refractivity contribution >= 4 is 44.4 Å². The summed E-state index contributed by atoms with van der Waals surface area (Å²) in [5.41, 5.74) is -0.229. The van der Waals surface area contributed by atoms with Crippen LogP contribution in [-0.4, -0.2) is 17.1 Å². The fourth-order valence-corrected chi connectivity index (χ4v) is 3.01. The molecule has 1 heterocycles. The average molecular weight is 389 g/mol. The highest BCUT2D eigenvalue weighted by Gasteiger charge is 2.29. The lowest BCUT2D eigenvalue weighted by Gasteiger charge is -2.14. The quantitative estimate of drug-likeness (QED) is 0.588. The van der Waals surface area contributed by atoms with E-state index in [1.165, 1.54) is 6.20 Å². The molecule has 0 aliphatic heterocycles. The van der Waals surface area contributed by atoms with E-state index in [4.69, 9.17) is 16.3 Å². The average Bonchev–Trinajstić information content (AvgIpc) is 3.30. The molecule has 0 N–H and O–H groups in total. The topological polar surface area (TPSA) is 48.3 Å². The maximum atomic E-state index is 13.9. The molecule has 2 aromatic rings. The van der Waals surface area contributed by atoms with Gasteiger partial charge in [0, 0.05) is 12.2 Å². The maximum Gasteiger partial charge on any atom is 0.343 e. The minimum atomic E-state index is -0.705. The van der Waals surface area contributed by atoms with Crippen molar-refractivity contribution in [3.8, 4) is 0 Å². The van der Waals surface area contributed by atoms with Gasteiger partial charge in [0.15, 0.2) is 0 Å². The summed E-state index contributed by atoms with van der Waals surface area (Å²) in [5.74, 6) is -1.35. The molecule has 0 radical (unpaired) electrons. The molecule has 22 heavy (non-hydrogen) atoms. The van der Waals surface area contributed by atoms with Gasteiger partial charge in [0.25, 0.3) is 0 Å². The lowest BCUT2D eigenvalue weighted by molar-refractivity contribution is 0.0524. The molecule has 1 aliphatic rings. The minimum Gasteiger partial charge on any atom is -0.462 e. The number of halogens is 3. The van der Waals surface area contributed by atoms with E-state index in [1.807, 2.05) is 0 Å². The summed E-state index contributed by atoms with van der Waals surface area (Å²) in [6.45, 7) is 1.82. The van der Waals surface area contributed by atoms with Gasteiger partial charge in [-0.1, -0.05) is 11.6 Å². The first-order chi connectivity index (χ1) is 10.5. The fraction of sp³-hybridized carbons (Fsp3) is 0.333. The summed E-state index contributed by atoms with van der Waals surface area (Å²) < 4.78 is 20.7. The number of rotatable bonds is 3. The predicted molar refractivity (Wildman–Crippen MR) is 85.1 cm³/mol. The molecular weight excluding hydrogens is 377 g/mol. The van der Waals surface area contributed by atoms with Crippen molar-refractivity contribution in [2.75, 3.05) is 6.61 Å². The van der Waals surface area contributed by atoms with Crippen molar-refractivity contribution in [2.45, 2.75) is 25.8 Å². The van der Waals surface area contributed by atoms with E-state index >= 15 is 0 Å². The normalized spacial score (nSPS) is 14.4. The van der Waals surface area contributed by atoms with Crippen LogP contribution in [0.5, 0.6) is 0 Å². The maximum absolute atomic E-state index is 13.9. The molecule has 4 nitrogen and oxygen atoms in total. The number of nitrogens with zero attached hydrogens (tertiary/aromatic N) is 1. The standard InChI is InChI=1S/C15H12BrClFNO3/c1-2-22-15(21)9-6-19(7-3-4-7)13-8(14(9)20)5-10(18)11(16)12(13)17/h5-7H,2-4H2,1H3. The number of benzene rings is 1. The predicted octanol–water partition coefficient (Wildman–Crippen LogP) is 4.07. The highest BCUT2D eigenvalue weighted by atomic mass is 79.9. The van der Waals surface area contributed by atoms with Gasteiger partial charge in [-0.3, -0.25) is 4.79 Å². The molecule has 1 fully saturated rings. The van der Waals surface area contributed by atoms with Gasteiger partial charge in [0.1, 0.15) is 11.4 Å². The van der Waals surface area contributed by atoms with Crippen molar-refractivity contribution in [2.24, 2.45) is 0 Å². The molecule has 7 heteroatoms. The lowest BCUT2D eigenvalue weighted by Crippen LogP contribution is -2.21. The largest absolute Gasteiger partial charge is 0.462 e. The van der Waals surface area contributed by atoms with Crippen molar-refractivity contribution in [3.05, 3.63) is 43.4 Å². The molecule has 1 aromatic carbocycles. The summed E-state index contributed by atoms with van der Waals surface area (Å²) in [5, 5.41) is 0.220. The van der Waals surface area contributed by atoms with Crippen LogP contribution < -0.4 is 5.43 Å². The minimum absolute atomic E-state index is 0.0863. The number of pyridine rings is 1. The summed E-state index contributed by atoms with van der Waals surface area (Å²) in [4.78, 5) is 24.5. The van der Waals surface area contributed by atoms with Crippen LogP contribution >= 0.6 is 27.5 Å². The van der Waals surface area contributed by atoms with Gasteiger partial charge in [-0.05, 0) is 41.8 Å². The van der Waals surface area contributed by atoms with Gasteiger partial charge in [-0.2, -0.15) is 0 Å². The fourth-order valence-electron chi connectivity index (χ4n) is 2.41. The highest BCUT2D eigenvalue weighted by molar-refractivity contribution is 9.10. The van der Waals surface area contributed by atoms with Gasteiger partial charge in [-0.15, -0.1) is 0 Å². The van der Waals surface area contributed by atoms with Crippen LogP contribution in [-0.2, 0) is 4.74 Å². The molecule has 0 spiro atoms. The molecule has 1 saturated carbocycles. The molecule has 1 aromatic heterocycles. The Labute approximate surface area is 138 Å². The number of esters is 1. The lowest BCUT2D eigenvalue weighted by atomic mass is 10.1. The number of carbonyl (C=O) groups is 1. The Morgan fingerprint density at radius 3 is 2.82 bits per heavy atom. The number of hydrogen-bond donors (Lipinski definition) is 0. The molecule has 0 amide bonds. The van der Waals surface area contributed by atoms with Gasteiger partial charge >= 0.3 is 5.97 Å². The van der Waals surface area contributed by atoms with Crippen LogP contribution in [0, 0.1) is 5.82 Å². The second-order valence-corrected chi connectivity index (χ2v) is 6.28. The summed E-state index contributed by atoms with van der Waals surface area (Å²) in [6.07, 6.45) is 3.31. The third-order valence-corrected chi connectivity index (χ3v) is 4.96. The van der Waals surface area contributed by atoms with Crippen LogP contribution in [0.25, 0.3) is 10.9 Å². The molecule has 116 valence electrons. The molecular formula is C15H12BrClFNO3. The highest BCUT2D eigenvalue weighted by Crippen LogP contribution is 2.40. The van der Waals surface area contributed by atoms with Gasteiger partial charge in [0.05, 0.1) is 27.0 Å². The summed E-state index contributed by atoms with van der Waals surface area (Å²) >= 11 is 9.30. The van der Waals surface area contributed by atoms with Crippen LogP contribution in [0.15, 0.2) is 21.5 Å². The Bertz CT molecular complexity index is 845. The first-order valence-corrected chi connectivity index (χ1v) is 8.02. The number of hydrogen-bond acceptors (Lipinski definition) is 3. The van der Waals surface area contributed by atoms with Gasteiger partial charge in [-0.25, -0.2) is 9.18 Å². The van der Waals surface area contributed by atoms with E-state index in [0.29, 0.717) is 5.52 Å². The Hall–Kier alpha value is -1.40. The van der Waals surface area contributed by atoms with E-state index in [1.54, 1.807) is 11.5 Å². The molecule has 0 saturated heterocycles. The third kappa shape index (κ3) is 2.44. The van der Waals surface area contributed by atoms with Crippen LogP contribution in [0.1, 0.15) is 36.2 Å². The van der Waals surface area contributed by atoms with E-state index in [2.05, 4.69) is 15.9 Å². The molecule has 0 unspecified atom stereocenters. The van der Waals surface area contributed by atoms with E-state index in [-0.39, 0.29) is 33.1 Å². The van der Waals surface area contributed by atoms with Crippen LogP contribution in [0.2, 0.25) is 5.02 Å². The van der Waals surface area contributed by atoms with Gasteiger partial charge < -0.3 is 9.30 Å². The number of aromatic nitrogens is 1. The second-order valence-electron chi connectivity index (χ2n) is 5.11. The Morgan fingerprint density at radius 1 is 1.55 bits per heavy atom. The SMILES string of the molecule is CCOC(=O)c1cn(C2CC2)c2c(Cl)c(Br)c(F)cc2c1=O. The Kier molecular flexibility index (Phi) is 3.99. The number of carbonyl (C=O) groups excluding carboxylic acids is 1. The molecule has 1 aliphatic carbocycles. The third-order valence-electron chi connectivity index (χ3n) is 3.59. The zero-order valence-electron chi connectivity index (χ0n) is 11.7. The van der Waals surface area contributed by atoms with Crippen LogP contribution in [0.4, 0.5) is 4.39 Å². The molecule has 0 bridgehead atoms. The Morgan fingerprint density at radius 2 is 2.23 bits per heavy atom. The monoisotopic (exact) mass is 387 g/mol. The molecule has 3 rings (SSSR count). The van der Waals surface area contributed by atoms with E-state index in [0.717, 1.165) is 18.9 Å². The summed E-state index contributed by atoms with van der Waals surface area (Å²) in [7, 11) is 0. The van der Waals surface area contributed by atoms with Crippen molar-refractivity contribution in [3.63, 3.8) is 0 Å². The smallest absolute Gasteiger partial charge is 0.343 e. The van der Waals surface area contributed by atoms with E-state index in [9.17, 15) is 14.0 Å². The van der Waals surface area contributed by atoms with E-state index < -0.39 is 17.2 Å². The zero-order chi connectivity index (χ0) is 16.0. The van der Waals surface area contributed by atoms with Crippen molar-refractivity contribution < 1.29 is 13.9 Å². The first kappa shape index (κ1) is 15.5. The first-order valence-electron chi connectivity index (χ1n) is 6.85. The van der Waals surface area contributed by atoms with Gasteiger partial charge in [0.2, 0.25) is 5.43 Å². The zero-order valence-corrected chi connectivity index (χ0v) is 14.0. The number of fused-ring (bicyclic) bond motifs is 1. The Balaban J connectivity index is 2.38. The number of ether oxygens (including phenoxy) is 1.